The zero-order chi connectivity index (χ0) is 13.9. The fraction of sp³-hybridized carbons (Fsp3) is 0.933. The Hall–Kier alpha value is -0.610. The van der Waals surface area contributed by atoms with Crippen LogP contribution in [-0.4, -0.2) is 49.8 Å². The number of morpholine rings is 1. The molecule has 0 aromatic heterocycles. The van der Waals surface area contributed by atoms with Gasteiger partial charge in [0.15, 0.2) is 0 Å². The van der Waals surface area contributed by atoms with Crippen molar-refractivity contribution >= 4 is 5.97 Å². The minimum Gasteiger partial charge on any atom is -0.466 e. The summed E-state index contributed by atoms with van der Waals surface area (Å²) in [6, 6.07) is 0.505. The van der Waals surface area contributed by atoms with E-state index in [-0.39, 0.29) is 5.97 Å². The first-order chi connectivity index (χ1) is 9.27. The summed E-state index contributed by atoms with van der Waals surface area (Å²) >= 11 is 0. The van der Waals surface area contributed by atoms with Gasteiger partial charge >= 0.3 is 5.97 Å². The Morgan fingerprint density at radius 2 is 2.16 bits per heavy atom. The van der Waals surface area contributed by atoms with E-state index in [9.17, 15) is 4.79 Å². The number of carbonyl (C=O) groups is 1. The minimum atomic E-state index is -0.0646. The molecule has 0 spiro atoms. The van der Waals surface area contributed by atoms with Gasteiger partial charge in [-0.2, -0.15) is 0 Å². The number of ether oxygens (including phenoxy) is 2. The van der Waals surface area contributed by atoms with Crippen LogP contribution >= 0.6 is 0 Å². The highest BCUT2D eigenvalue weighted by Gasteiger charge is 2.21. The second-order valence-electron chi connectivity index (χ2n) is 5.23. The van der Waals surface area contributed by atoms with Crippen LogP contribution in [0.5, 0.6) is 0 Å². The van der Waals surface area contributed by atoms with Crippen LogP contribution in [0.25, 0.3) is 0 Å². The Balaban J connectivity index is 2.16. The van der Waals surface area contributed by atoms with Crippen molar-refractivity contribution in [3.8, 4) is 0 Å². The fourth-order valence-corrected chi connectivity index (χ4v) is 2.39. The van der Waals surface area contributed by atoms with Gasteiger partial charge in [0.05, 0.1) is 19.8 Å². The molecule has 4 heteroatoms. The third-order valence-corrected chi connectivity index (χ3v) is 3.55. The smallest absolute Gasteiger partial charge is 0.305 e. The number of carbonyl (C=O) groups excluding carboxylic acids is 1. The summed E-state index contributed by atoms with van der Waals surface area (Å²) in [5.41, 5.74) is 0. The van der Waals surface area contributed by atoms with Gasteiger partial charge in [-0.05, 0) is 32.2 Å². The van der Waals surface area contributed by atoms with Crippen LogP contribution in [0, 0.1) is 0 Å². The van der Waals surface area contributed by atoms with E-state index in [4.69, 9.17) is 9.47 Å². The lowest BCUT2D eigenvalue weighted by atomic mass is 10.1. The van der Waals surface area contributed by atoms with Crippen LogP contribution in [0.2, 0.25) is 0 Å². The molecule has 1 rings (SSSR count). The predicted octanol–water partition coefficient (Wildman–Crippen LogP) is 2.61. The monoisotopic (exact) mass is 271 g/mol. The van der Waals surface area contributed by atoms with Gasteiger partial charge in [-0.3, -0.25) is 9.69 Å². The zero-order valence-electron chi connectivity index (χ0n) is 12.5. The molecule has 1 saturated heterocycles. The number of esters is 1. The Morgan fingerprint density at radius 1 is 1.32 bits per heavy atom. The maximum absolute atomic E-state index is 11.2. The van der Waals surface area contributed by atoms with E-state index < -0.39 is 0 Å². The van der Waals surface area contributed by atoms with Crippen molar-refractivity contribution in [1.29, 1.82) is 0 Å². The summed E-state index contributed by atoms with van der Waals surface area (Å²) in [5.74, 6) is -0.0646. The Kier molecular flexibility index (Phi) is 8.84. The molecule has 1 fully saturated rings. The van der Waals surface area contributed by atoms with Gasteiger partial charge in [0.2, 0.25) is 0 Å². The van der Waals surface area contributed by atoms with Crippen molar-refractivity contribution in [1.82, 2.24) is 4.90 Å². The number of rotatable bonds is 9. The lowest BCUT2D eigenvalue weighted by molar-refractivity contribution is -0.143. The van der Waals surface area contributed by atoms with Crippen LogP contribution < -0.4 is 0 Å². The molecule has 0 saturated carbocycles. The lowest BCUT2D eigenvalue weighted by Crippen LogP contribution is -2.45. The largest absolute Gasteiger partial charge is 0.466 e. The first-order valence-corrected chi connectivity index (χ1v) is 7.75. The zero-order valence-corrected chi connectivity index (χ0v) is 12.5. The predicted molar refractivity (Wildman–Crippen MR) is 76.2 cm³/mol. The summed E-state index contributed by atoms with van der Waals surface area (Å²) in [4.78, 5) is 13.8. The van der Waals surface area contributed by atoms with Gasteiger partial charge in [-0.15, -0.1) is 0 Å². The average Bonchev–Trinajstić information content (AvgIpc) is 2.42. The number of hydrogen-bond acceptors (Lipinski definition) is 4. The van der Waals surface area contributed by atoms with E-state index in [2.05, 4.69) is 11.8 Å². The van der Waals surface area contributed by atoms with Crippen molar-refractivity contribution in [2.75, 3.05) is 32.9 Å². The molecular formula is C15H29NO3. The average molecular weight is 271 g/mol. The standard InChI is InChI=1S/C15H29NO3/c1-3-5-9-16-10-12-18-13-14(16)8-6-11-19-15(17)7-4-2/h14H,3-13H2,1-2H3. The summed E-state index contributed by atoms with van der Waals surface area (Å²) in [6.07, 6.45) is 5.88. The lowest BCUT2D eigenvalue weighted by Gasteiger charge is -2.35. The van der Waals surface area contributed by atoms with Gasteiger partial charge in [0.1, 0.15) is 0 Å². The molecule has 0 amide bonds. The van der Waals surface area contributed by atoms with E-state index in [1.165, 1.54) is 19.4 Å². The van der Waals surface area contributed by atoms with Gasteiger partial charge in [0, 0.05) is 19.0 Å². The maximum atomic E-state index is 11.2. The van der Waals surface area contributed by atoms with E-state index in [0.717, 1.165) is 39.0 Å². The van der Waals surface area contributed by atoms with Crippen molar-refractivity contribution in [3.63, 3.8) is 0 Å². The fourth-order valence-electron chi connectivity index (χ4n) is 2.39. The molecule has 0 N–H and O–H groups in total. The van der Waals surface area contributed by atoms with Crippen molar-refractivity contribution in [3.05, 3.63) is 0 Å². The molecule has 0 bridgehead atoms. The highest BCUT2D eigenvalue weighted by atomic mass is 16.5. The second kappa shape index (κ2) is 10.2. The third-order valence-electron chi connectivity index (χ3n) is 3.55. The molecule has 4 nitrogen and oxygen atoms in total. The molecule has 1 aliphatic rings. The molecule has 1 atom stereocenters. The van der Waals surface area contributed by atoms with Crippen molar-refractivity contribution in [2.45, 2.75) is 58.4 Å². The van der Waals surface area contributed by atoms with Crippen LogP contribution in [-0.2, 0) is 14.3 Å². The summed E-state index contributed by atoms with van der Waals surface area (Å²) in [6.45, 7) is 8.66. The molecule has 0 aliphatic carbocycles. The molecule has 19 heavy (non-hydrogen) atoms. The number of unbranched alkanes of at least 4 members (excludes halogenated alkanes) is 1. The topological polar surface area (TPSA) is 38.8 Å². The van der Waals surface area contributed by atoms with E-state index >= 15 is 0 Å². The van der Waals surface area contributed by atoms with Gasteiger partial charge in [0.25, 0.3) is 0 Å². The molecule has 1 heterocycles. The highest BCUT2D eigenvalue weighted by molar-refractivity contribution is 5.69. The van der Waals surface area contributed by atoms with Crippen LogP contribution in [0.4, 0.5) is 0 Å². The van der Waals surface area contributed by atoms with Crippen molar-refractivity contribution in [2.24, 2.45) is 0 Å². The Morgan fingerprint density at radius 3 is 2.89 bits per heavy atom. The molecular weight excluding hydrogens is 242 g/mol. The minimum absolute atomic E-state index is 0.0646. The maximum Gasteiger partial charge on any atom is 0.305 e. The SMILES string of the molecule is CCCCN1CCOCC1CCCOC(=O)CCC. The van der Waals surface area contributed by atoms with Crippen molar-refractivity contribution < 1.29 is 14.3 Å². The summed E-state index contributed by atoms with van der Waals surface area (Å²) in [7, 11) is 0. The van der Waals surface area contributed by atoms with Gasteiger partial charge < -0.3 is 9.47 Å². The van der Waals surface area contributed by atoms with E-state index in [0.29, 0.717) is 19.1 Å². The molecule has 0 radical (unpaired) electrons. The quantitative estimate of drug-likeness (QED) is 0.477. The first kappa shape index (κ1) is 16.4. The molecule has 0 aromatic rings. The number of nitrogens with zero attached hydrogens (tertiary/aromatic N) is 1. The molecule has 1 unspecified atom stereocenters. The van der Waals surface area contributed by atoms with Gasteiger partial charge in [-0.25, -0.2) is 0 Å². The van der Waals surface area contributed by atoms with Crippen LogP contribution in [0.3, 0.4) is 0 Å². The Bertz CT molecular complexity index is 246. The van der Waals surface area contributed by atoms with Crippen LogP contribution in [0.15, 0.2) is 0 Å². The Labute approximate surface area is 117 Å². The molecule has 0 aromatic carbocycles. The summed E-state index contributed by atoms with van der Waals surface area (Å²) in [5, 5.41) is 0. The number of hydrogen-bond donors (Lipinski definition) is 0. The normalized spacial score (nSPS) is 20.4. The molecule has 1 aliphatic heterocycles. The van der Waals surface area contributed by atoms with Crippen LogP contribution in [0.1, 0.15) is 52.4 Å². The van der Waals surface area contributed by atoms with Gasteiger partial charge in [-0.1, -0.05) is 20.3 Å². The molecule has 112 valence electrons. The van der Waals surface area contributed by atoms with E-state index in [1.807, 2.05) is 6.92 Å². The first-order valence-electron chi connectivity index (χ1n) is 7.75. The second-order valence-corrected chi connectivity index (χ2v) is 5.23. The van der Waals surface area contributed by atoms with E-state index in [1.54, 1.807) is 0 Å². The highest BCUT2D eigenvalue weighted by Crippen LogP contribution is 2.13. The third kappa shape index (κ3) is 6.92. The summed E-state index contributed by atoms with van der Waals surface area (Å²) < 4.78 is 10.8.